The maximum atomic E-state index is 11.7. The first-order chi connectivity index (χ1) is 8.95. The van der Waals surface area contributed by atoms with E-state index < -0.39 is 11.9 Å². The van der Waals surface area contributed by atoms with Gasteiger partial charge in [0.1, 0.15) is 0 Å². The highest BCUT2D eigenvalue weighted by Gasteiger charge is 2.24. The fraction of sp³-hybridized carbons (Fsp3) is 0.333. The van der Waals surface area contributed by atoms with Gasteiger partial charge in [-0.2, -0.15) is 0 Å². The Kier molecular flexibility index (Phi) is 5.30. The van der Waals surface area contributed by atoms with E-state index in [1.54, 1.807) is 6.08 Å². The van der Waals surface area contributed by atoms with Gasteiger partial charge in [0.2, 0.25) is 5.91 Å². The van der Waals surface area contributed by atoms with Crippen LogP contribution in [0.4, 0.5) is 0 Å². The highest BCUT2D eigenvalue weighted by Crippen LogP contribution is 2.24. The number of amides is 1. The lowest BCUT2D eigenvalue weighted by Gasteiger charge is -2.15. The van der Waals surface area contributed by atoms with Gasteiger partial charge in [0, 0.05) is 13.0 Å². The van der Waals surface area contributed by atoms with Crippen LogP contribution in [0.3, 0.4) is 0 Å². The average Bonchev–Trinajstić information content (AvgIpc) is 2.36. The van der Waals surface area contributed by atoms with Gasteiger partial charge in [-0.05, 0) is 25.0 Å². The molecule has 0 fully saturated rings. The Labute approximate surface area is 113 Å². The lowest BCUT2D eigenvalue weighted by Crippen LogP contribution is -2.27. The van der Waals surface area contributed by atoms with Crippen molar-refractivity contribution in [1.82, 2.24) is 5.32 Å². The molecule has 1 aromatic rings. The Hall–Kier alpha value is -2.10. The number of carbonyl (C=O) groups excluding carboxylic acids is 1. The molecule has 0 aromatic heterocycles. The first-order valence-corrected chi connectivity index (χ1v) is 6.13. The van der Waals surface area contributed by atoms with Crippen molar-refractivity contribution in [2.45, 2.75) is 26.2 Å². The fourth-order valence-electron chi connectivity index (χ4n) is 1.91. The van der Waals surface area contributed by atoms with E-state index in [1.165, 1.54) is 0 Å². The molecule has 0 aliphatic heterocycles. The summed E-state index contributed by atoms with van der Waals surface area (Å²) in [5, 5.41) is 11.9. The van der Waals surface area contributed by atoms with Gasteiger partial charge in [-0.25, -0.2) is 0 Å². The number of rotatable bonds is 6. The van der Waals surface area contributed by atoms with Crippen molar-refractivity contribution in [1.29, 1.82) is 0 Å². The molecule has 1 rings (SSSR count). The van der Waals surface area contributed by atoms with Crippen LogP contribution in [-0.2, 0) is 9.59 Å². The van der Waals surface area contributed by atoms with Crippen molar-refractivity contribution in [3.05, 3.63) is 47.5 Å². The predicted octanol–water partition coefficient (Wildman–Crippen LogP) is 2.16. The molecular weight excluding hydrogens is 242 g/mol. The summed E-state index contributed by atoms with van der Waals surface area (Å²) in [6, 6.07) is 5.63. The highest BCUT2D eigenvalue weighted by atomic mass is 16.4. The third-order valence-corrected chi connectivity index (χ3v) is 2.94. The second-order valence-electron chi connectivity index (χ2n) is 4.55. The lowest BCUT2D eigenvalue weighted by atomic mass is 9.90. The zero-order valence-corrected chi connectivity index (χ0v) is 11.3. The molecule has 0 saturated carbocycles. The van der Waals surface area contributed by atoms with Gasteiger partial charge in [0.15, 0.2) is 0 Å². The molecule has 1 amide bonds. The summed E-state index contributed by atoms with van der Waals surface area (Å²) in [5.41, 5.74) is 2.56. The Balaban J connectivity index is 2.94. The minimum atomic E-state index is -0.984. The van der Waals surface area contributed by atoms with Crippen molar-refractivity contribution in [2.24, 2.45) is 0 Å². The molecule has 2 N–H and O–H groups in total. The summed E-state index contributed by atoms with van der Waals surface area (Å²) in [6.07, 6.45) is 1.50. The van der Waals surface area contributed by atoms with Gasteiger partial charge >= 0.3 is 5.97 Å². The van der Waals surface area contributed by atoms with Crippen molar-refractivity contribution in [3.8, 4) is 0 Å². The third-order valence-electron chi connectivity index (χ3n) is 2.94. The maximum Gasteiger partial charge on any atom is 0.311 e. The summed E-state index contributed by atoms with van der Waals surface area (Å²) in [7, 11) is 0. The first kappa shape index (κ1) is 15.0. The van der Waals surface area contributed by atoms with Crippen LogP contribution in [0.5, 0.6) is 0 Å². The number of carboxylic acid groups (broad SMARTS) is 1. The number of carbonyl (C=O) groups is 2. The molecular formula is C15H19NO3. The van der Waals surface area contributed by atoms with Crippen LogP contribution in [0.25, 0.3) is 0 Å². The van der Waals surface area contributed by atoms with Crippen LogP contribution in [0, 0.1) is 13.8 Å². The molecule has 1 aromatic carbocycles. The molecule has 0 spiro atoms. The predicted molar refractivity (Wildman–Crippen MR) is 74.1 cm³/mol. The number of benzene rings is 1. The number of hydrogen-bond donors (Lipinski definition) is 2. The number of aliphatic carboxylic acids is 1. The normalized spacial score (nSPS) is 11.7. The second kappa shape index (κ2) is 6.73. The topological polar surface area (TPSA) is 66.4 Å². The molecule has 0 heterocycles. The second-order valence-corrected chi connectivity index (χ2v) is 4.55. The largest absolute Gasteiger partial charge is 0.481 e. The average molecular weight is 261 g/mol. The van der Waals surface area contributed by atoms with Crippen LogP contribution in [0.15, 0.2) is 30.9 Å². The zero-order valence-electron chi connectivity index (χ0n) is 11.3. The number of carboxylic acids is 1. The molecule has 102 valence electrons. The Morgan fingerprint density at radius 2 is 2.11 bits per heavy atom. The Morgan fingerprint density at radius 3 is 2.68 bits per heavy atom. The molecule has 0 bridgehead atoms. The SMILES string of the molecule is C=CCNC(=O)CC(C(=O)O)c1cc(C)ccc1C. The molecule has 1 atom stereocenters. The van der Waals surface area contributed by atoms with E-state index in [0.717, 1.165) is 11.1 Å². The highest BCUT2D eigenvalue weighted by molar-refractivity contribution is 5.86. The lowest BCUT2D eigenvalue weighted by molar-refractivity contribution is -0.140. The maximum absolute atomic E-state index is 11.7. The monoisotopic (exact) mass is 261 g/mol. The van der Waals surface area contributed by atoms with Crippen LogP contribution >= 0.6 is 0 Å². The van der Waals surface area contributed by atoms with E-state index in [2.05, 4.69) is 11.9 Å². The Morgan fingerprint density at radius 1 is 1.42 bits per heavy atom. The van der Waals surface area contributed by atoms with Gasteiger partial charge in [-0.1, -0.05) is 29.8 Å². The zero-order chi connectivity index (χ0) is 14.4. The van der Waals surface area contributed by atoms with E-state index in [0.29, 0.717) is 12.1 Å². The van der Waals surface area contributed by atoms with Crippen molar-refractivity contribution in [3.63, 3.8) is 0 Å². The standard InChI is InChI=1S/C15H19NO3/c1-4-7-16-14(17)9-13(15(18)19)12-8-10(2)5-6-11(12)3/h4-6,8,13H,1,7,9H2,2-3H3,(H,16,17)(H,18,19). The summed E-state index contributed by atoms with van der Waals surface area (Å²) in [5.74, 6) is -2.08. The van der Waals surface area contributed by atoms with Crippen molar-refractivity contribution < 1.29 is 14.7 Å². The van der Waals surface area contributed by atoms with E-state index >= 15 is 0 Å². The van der Waals surface area contributed by atoms with Crippen LogP contribution in [-0.4, -0.2) is 23.5 Å². The third kappa shape index (κ3) is 4.25. The molecule has 19 heavy (non-hydrogen) atoms. The van der Waals surface area contributed by atoms with Crippen molar-refractivity contribution in [2.75, 3.05) is 6.54 Å². The van der Waals surface area contributed by atoms with E-state index in [1.807, 2.05) is 32.0 Å². The van der Waals surface area contributed by atoms with Gasteiger partial charge in [-0.3, -0.25) is 9.59 Å². The summed E-state index contributed by atoms with van der Waals surface area (Å²) < 4.78 is 0. The van der Waals surface area contributed by atoms with Crippen LogP contribution in [0.2, 0.25) is 0 Å². The smallest absolute Gasteiger partial charge is 0.311 e. The minimum Gasteiger partial charge on any atom is -0.481 e. The quantitative estimate of drug-likeness (QED) is 0.771. The summed E-state index contributed by atoms with van der Waals surface area (Å²) in [4.78, 5) is 23.0. The fourth-order valence-corrected chi connectivity index (χ4v) is 1.91. The van der Waals surface area contributed by atoms with Crippen LogP contribution in [0.1, 0.15) is 29.0 Å². The molecule has 0 aliphatic rings. The van der Waals surface area contributed by atoms with Gasteiger partial charge in [0.25, 0.3) is 0 Å². The number of aryl methyl sites for hydroxylation is 2. The summed E-state index contributed by atoms with van der Waals surface area (Å²) in [6.45, 7) is 7.60. The molecule has 4 nitrogen and oxygen atoms in total. The van der Waals surface area contributed by atoms with Gasteiger partial charge in [-0.15, -0.1) is 6.58 Å². The minimum absolute atomic E-state index is 0.0620. The number of hydrogen-bond acceptors (Lipinski definition) is 2. The molecule has 0 saturated heterocycles. The summed E-state index contributed by atoms with van der Waals surface area (Å²) >= 11 is 0. The van der Waals surface area contributed by atoms with E-state index in [-0.39, 0.29) is 12.3 Å². The molecule has 0 aliphatic carbocycles. The molecule has 0 radical (unpaired) electrons. The van der Waals surface area contributed by atoms with E-state index in [4.69, 9.17) is 0 Å². The van der Waals surface area contributed by atoms with Crippen molar-refractivity contribution >= 4 is 11.9 Å². The van der Waals surface area contributed by atoms with Gasteiger partial charge < -0.3 is 10.4 Å². The first-order valence-electron chi connectivity index (χ1n) is 6.13. The van der Waals surface area contributed by atoms with Gasteiger partial charge in [0.05, 0.1) is 5.92 Å². The van der Waals surface area contributed by atoms with E-state index in [9.17, 15) is 14.7 Å². The van der Waals surface area contributed by atoms with Crippen LogP contribution < -0.4 is 5.32 Å². The Bertz CT molecular complexity index is 494. The molecule has 1 unspecified atom stereocenters. The molecule has 4 heteroatoms. The number of nitrogens with one attached hydrogen (secondary N) is 1.